The number of likely N-dealkylation sites (N-methyl/N-ethyl adjacent to an activating group) is 1. The monoisotopic (exact) mass is 332 g/mol. The first kappa shape index (κ1) is 20.1. The SMILES string of the molecule is CCN[C@H](C)CNC(=O)CCSc1ccc(OC)cc1.Cl. The van der Waals surface area contributed by atoms with Crippen LogP contribution in [0.4, 0.5) is 0 Å². The van der Waals surface area contributed by atoms with Gasteiger partial charge < -0.3 is 15.4 Å². The van der Waals surface area contributed by atoms with Crippen molar-refractivity contribution in [2.45, 2.75) is 31.2 Å². The largest absolute Gasteiger partial charge is 0.497 e. The Hall–Kier alpha value is -0.910. The molecule has 0 heterocycles. The van der Waals surface area contributed by atoms with Gasteiger partial charge in [0.05, 0.1) is 7.11 Å². The van der Waals surface area contributed by atoms with Gasteiger partial charge in [0.15, 0.2) is 0 Å². The molecule has 21 heavy (non-hydrogen) atoms. The van der Waals surface area contributed by atoms with E-state index < -0.39 is 0 Å². The van der Waals surface area contributed by atoms with E-state index in [4.69, 9.17) is 4.74 Å². The van der Waals surface area contributed by atoms with Crippen LogP contribution in [0.3, 0.4) is 0 Å². The zero-order chi connectivity index (χ0) is 14.8. The van der Waals surface area contributed by atoms with E-state index in [2.05, 4.69) is 24.5 Å². The standard InChI is InChI=1S/C15H24N2O2S.ClH/c1-4-16-12(2)11-17-15(18)9-10-20-14-7-5-13(19-3)6-8-14;/h5-8,12,16H,4,9-11H2,1-3H3,(H,17,18);1H/t12-;/m1./s1. The zero-order valence-corrected chi connectivity index (χ0v) is 14.5. The third kappa shape index (κ3) is 8.86. The number of hydrogen-bond acceptors (Lipinski definition) is 4. The molecule has 0 aliphatic heterocycles. The molecule has 0 aromatic heterocycles. The lowest BCUT2D eigenvalue weighted by Crippen LogP contribution is -2.38. The lowest BCUT2D eigenvalue weighted by Gasteiger charge is -2.13. The molecule has 0 fully saturated rings. The van der Waals surface area contributed by atoms with E-state index >= 15 is 0 Å². The molecule has 0 bridgehead atoms. The second kappa shape index (κ2) is 11.7. The van der Waals surface area contributed by atoms with Crippen LogP contribution in [0, 0.1) is 0 Å². The molecule has 0 aliphatic rings. The molecule has 120 valence electrons. The van der Waals surface area contributed by atoms with Gasteiger partial charge in [-0.2, -0.15) is 0 Å². The van der Waals surface area contributed by atoms with Gasteiger partial charge in [-0.1, -0.05) is 6.92 Å². The van der Waals surface area contributed by atoms with Gasteiger partial charge in [-0.05, 0) is 37.7 Å². The van der Waals surface area contributed by atoms with Gasteiger partial charge in [-0.3, -0.25) is 4.79 Å². The van der Waals surface area contributed by atoms with Gasteiger partial charge in [0.25, 0.3) is 0 Å². The number of halogens is 1. The molecular weight excluding hydrogens is 308 g/mol. The fourth-order valence-electron chi connectivity index (χ4n) is 1.71. The summed E-state index contributed by atoms with van der Waals surface area (Å²) >= 11 is 1.68. The maximum atomic E-state index is 11.7. The van der Waals surface area contributed by atoms with Gasteiger partial charge >= 0.3 is 0 Å². The Labute approximate surface area is 137 Å². The van der Waals surface area contributed by atoms with Crippen LogP contribution in [-0.4, -0.2) is 37.9 Å². The van der Waals surface area contributed by atoms with E-state index in [9.17, 15) is 4.79 Å². The Morgan fingerprint density at radius 1 is 1.33 bits per heavy atom. The Morgan fingerprint density at radius 2 is 2.00 bits per heavy atom. The first-order chi connectivity index (χ1) is 9.65. The Bertz CT molecular complexity index is 401. The normalized spacial score (nSPS) is 11.4. The maximum Gasteiger partial charge on any atom is 0.220 e. The van der Waals surface area contributed by atoms with Crippen LogP contribution in [0.2, 0.25) is 0 Å². The molecule has 0 aliphatic carbocycles. The van der Waals surface area contributed by atoms with Crippen molar-refractivity contribution in [2.24, 2.45) is 0 Å². The van der Waals surface area contributed by atoms with Gasteiger partial charge in [-0.25, -0.2) is 0 Å². The highest BCUT2D eigenvalue weighted by Crippen LogP contribution is 2.21. The highest BCUT2D eigenvalue weighted by atomic mass is 35.5. The van der Waals surface area contributed by atoms with Crippen molar-refractivity contribution in [1.29, 1.82) is 0 Å². The quantitative estimate of drug-likeness (QED) is 0.683. The van der Waals surface area contributed by atoms with Crippen LogP contribution >= 0.6 is 24.2 Å². The summed E-state index contributed by atoms with van der Waals surface area (Å²) in [4.78, 5) is 12.8. The van der Waals surface area contributed by atoms with Crippen molar-refractivity contribution in [2.75, 3.05) is 26.0 Å². The molecule has 0 unspecified atom stereocenters. The fraction of sp³-hybridized carbons (Fsp3) is 0.533. The van der Waals surface area contributed by atoms with Crippen molar-refractivity contribution in [3.05, 3.63) is 24.3 Å². The summed E-state index contributed by atoms with van der Waals surface area (Å²) in [5.41, 5.74) is 0. The summed E-state index contributed by atoms with van der Waals surface area (Å²) in [5, 5.41) is 6.20. The van der Waals surface area contributed by atoms with Crippen molar-refractivity contribution in [3.8, 4) is 5.75 Å². The number of amides is 1. The molecular formula is C15H25ClN2O2S. The van der Waals surface area contributed by atoms with Gasteiger partial charge in [0.2, 0.25) is 5.91 Å². The summed E-state index contributed by atoms with van der Waals surface area (Å²) in [6.07, 6.45) is 0.537. The first-order valence-electron chi connectivity index (χ1n) is 6.92. The molecule has 1 amide bonds. The Balaban J connectivity index is 0.00000400. The molecule has 4 nitrogen and oxygen atoms in total. The smallest absolute Gasteiger partial charge is 0.220 e. The average Bonchev–Trinajstić information content (AvgIpc) is 2.46. The third-order valence-electron chi connectivity index (χ3n) is 2.82. The van der Waals surface area contributed by atoms with Crippen molar-refractivity contribution in [1.82, 2.24) is 10.6 Å². The van der Waals surface area contributed by atoms with Crippen LogP contribution < -0.4 is 15.4 Å². The number of nitrogens with one attached hydrogen (secondary N) is 2. The molecule has 1 rings (SSSR count). The molecule has 2 N–H and O–H groups in total. The predicted octanol–water partition coefficient (Wildman–Crippen LogP) is 2.71. The summed E-state index contributed by atoms with van der Waals surface area (Å²) in [6.45, 7) is 5.73. The number of thioether (sulfide) groups is 1. The summed E-state index contributed by atoms with van der Waals surface area (Å²) in [7, 11) is 1.65. The molecule has 6 heteroatoms. The zero-order valence-electron chi connectivity index (χ0n) is 12.8. The van der Waals surface area contributed by atoms with Crippen LogP contribution in [0.5, 0.6) is 5.75 Å². The molecule has 1 aromatic carbocycles. The van der Waals surface area contributed by atoms with Crippen molar-refractivity contribution in [3.63, 3.8) is 0 Å². The number of hydrogen-bond donors (Lipinski definition) is 2. The number of carbonyl (C=O) groups excluding carboxylic acids is 1. The Kier molecular flexibility index (Phi) is 11.2. The second-order valence-electron chi connectivity index (χ2n) is 4.54. The molecule has 0 spiro atoms. The van der Waals surface area contributed by atoms with E-state index in [-0.39, 0.29) is 18.3 Å². The van der Waals surface area contributed by atoms with E-state index in [1.807, 2.05) is 24.3 Å². The van der Waals surface area contributed by atoms with Crippen LogP contribution in [0.1, 0.15) is 20.3 Å². The molecule has 0 saturated carbocycles. The lowest BCUT2D eigenvalue weighted by atomic mass is 10.3. The van der Waals surface area contributed by atoms with E-state index in [1.54, 1.807) is 18.9 Å². The van der Waals surface area contributed by atoms with Crippen molar-refractivity contribution >= 4 is 30.1 Å². The van der Waals surface area contributed by atoms with E-state index in [0.29, 0.717) is 19.0 Å². The van der Waals surface area contributed by atoms with Crippen LogP contribution in [0.15, 0.2) is 29.2 Å². The third-order valence-corrected chi connectivity index (χ3v) is 3.83. The number of carbonyl (C=O) groups is 1. The highest BCUT2D eigenvalue weighted by Gasteiger charge is 2.04. The van der Waals surface area contributed by atoms with E-state index in [0.717, 1.165) is 22.9 Å². The average molecular weight is 333 g/mol. The molecule has 0 saturated heterocycles. The number of rotatable bonds is 9. The number of benzene rings is 1. The molecule has 1 atom stereocenters. The number of methoxy groups -OCH3 is 1. The summed E-state index contributed by atoms with van der Waals surface area (Å²) in [5.74, 6) is 1.74. The predicted molar refractivity (Wildman–Crippen MR) is 91.7 cm³/mol. The van der Waals surface area contributed by atoms with Gasteiger partial charge in [0, 0.05) is 29.7 Å². The maximum absolute atomic E-state index is 11.7. The van der Waals surface area contributed by atoms with Crippen LogP contribution in [-0.2, 0) is 4.79 Å². The minimum Gasteiger partial charge on any atom is -0.497 e. The summed E-state index contributed by atoms with van der Waals surface area (Å²) < 4.78 is 5.11. The minimum absolute atomic E-state index is 0. The molecule has 0 radical (unpaired) electrons. The van der Waals surface area contributed by atoms with Gasteiger partial charge in [-0.15, -0.1) is 24.2 Å². The number of ether oxygens (including phenoxy) is 1. The summed E-state index contributed by atoms with van der Waals surface area (Å²) in [6, 6.07) is 8.20. The van der Waals surface area contributed by atoms with Gasteiger partial charge in [0.1, 0.15) is 5.75 Å². The fourth-order valence-corrected chi connectivity index (χ4v) is 2.56. The Morgan fingerprint density at radius 3 is 2.57 bits per heavy atom. The molecule has 1 aromatic rings. The first-order valence-corrected chi connectivity index (χ1v) is 7.91. The highest BCUT2D eigenvalue weighted by molar-refractivity contribution is 7.99. The van der Waals surface area contributed by atoms with E-state index in [1.165, 1.54) is 0 Å². The minimum atomic E-state index is 0. The second-order valence-corrected chi connectivity index (χ2v) is 5.71. The lowest BCUT2D eigenvalue weighted by molar-refractivity contribution is -0.120. The topological polar surface area (TPSA) is 50.4 Å². The van der Waals surface area contributed by atoms with Crippen LogP contribution in [0.25, 0.3) is 0 Å². The van der Waals surface area contributed by atoms with Crippen molar-refractivity contribution < 1.29 is 9.53 Å².